The number of unbranched alkanes of at least 4 members (excludes halogenated alkanes) is 9. The van der Waals surface area contributed by atoms with Crippen LogP contribution in [0.4, 0.5) is 0 Å². The predicted octanol–water partition coefficient (Wildman–Crippen LogP) is 6.67. The Balaban J connectivity index is 1.94. The second-order valence-corrected chi connectivity index (χ2v) is 6.09. The predicted molar refractivity (Wildman–Crippen MR) is 101 cm³/mol. The first kappa shape index (κ1) is 18.7. The fourth-order valence-corrected chi connectivity index (χ4v) is 2.58. The van der Waals surface area contributed by atoms with Gasteiger partial charge in [0.25, 0.3) is 0 Å². The summed E-state index contributed by atoms with van der Waals surface area (Å²) in [4.78, 5) is 4.51. The molecule has 1 aromatic rings. The summed E-state index contributed by atoms with van der Waals surface area (Å²) in [6.45, 7) is 7.00. The van der Waals surface area contributed by atoms with E-state index in [0.29, 0.717) is 0 Å². The molecular weight excluding hydrogens is 266 g/mol. The van der Waals surface area contributed by atoms with Crippen LogP contribution in [-0.4, -0.2) is 12.8 Å². The Bertz CT molecular complexity index is 402. The monoisotopic (exact) mass is 299 g/mol. The highest BCUT2D eigenvalue weighted by Gasteiger charge is 1.92. The topological polar surface area (TPSA) is 12.4 Å². The Kier molecular flexibility index (Phi) is 11.3. The van der Waals surface area contributed by atoms with Crippen molar-refractivity contribution in [3.05, 3.63) is 42.0 Å². The third-order valence-corrected chi connectivity index (χ3v) is 4.05. The van der Waals surface area contributed by atoms with Crippen LogP contribution in [0.25, 0.3) is 6.08 Å². The van der Waals surface area contributed by atoms with Crippen LogP contribution in [0.1, 0.15) is 82.3 Å². The molecule has 0 fully saturated rings. The first-order valence-corrected chi connectivity index (χ1v) is 9.09. The van der Waals surface area contributed by atoms with Crippen molar-refractivity contribution < 1.29 is 0 Å². The van der Waals surface area contributed by atoms with Gasteiger partial charge in [-0.25, -0.2) is 0 Å². The second-order valence-electron chi connectivity index (χ2n) is 6.09. The molecule has 0 saturated heterocycles. The highest BCUT2D eigenvalue weighted by Crippen LogP contribution is 2.10. The lowest BCUT2D eigenvalue weighted by Crippen LogP contribution is -1.87. The summed E-state index contributed by atoms with van der Waals surface area (Å²) in [6, 6.07) is 8.35. The fraction of sp³-hybridized carbons (Fsp3) is 0.571. The first-order valence-electron chi connectivity index (χ1n) is 9.09. The maximum Gasteiger partial charge on any atom is 0.0389 e. The number of hydrogen-bond acceptors (Lipinski definition) is 1. The summed E-state index contributed by atoms with van der Waals surface area (Å²) in [7, 11) is 0. The molecule has 0 bridgehead atoms. The quantitative estimate of drug-likeness (QED) is 0.285. The molecule has 0 aromatic heterocycles. The number of hydrogen-bond donors (Lipinski definition) is 0. The molecule has 1 aromatic carbocycles. The molecule has 122 valence electrons. The largest absolute Gasteiger partial charge is 0.293 e. The maximum absolute atomic E-state index is 4.51. The zero-order valence-corrected chi connectivity index (χ0v) is 14.4. The highest BCUT2D eigenvalue weighted by molar-refractivity contribution is 5.79. The molecule has 0 heterocycles. The average Bonchev–Trinajstić information content (AvgIpc) is 2.56. The summed E-state index contributed by atoms with van der Waals surface area (Å²) < 4.78 is 0. The van der Waals surface area contributed by atoms with Gasteiger partial charge in [0, 0.05) is 12.8 Å². The smallest absolute Gasteiger partial charge is 0.0389 e. The van der Waals surface area contributed by atoms with Crippen LogP contribution in [0, 0.1) is 0 Å². The minimum absolute atomic E-state index is 0.958. The van der Waals surface area contributed by atoms with Gasteiger partial charge in [-0.1, -0.05) is 102 Å². The van der Waals surface area contributed by atoms with Gasteiger partial charge in [0.15, 0.2) is 0 Å². The van der Waals surface area contributed by atoms with E-state index in [2.05, 4.69) is 42.8 Å². The SMILES string of the molecule is C=Cc1ccc(/C=N\CCCCCCCCCCCC)cc1. The van der Waals surface area contributed by atoms with E-state index >= 15 is 0 Å². The Morgan fingerprint density at radius 2 is 1.27 bits per heavy atom. The lowest BCUT2D eigenvalue weighted by atomic mass is 10.1. The number of aliphatic imine (C=N–C) groups is 1. The van der Waals surface area contributed by atoms with Crippen molar-refractivity contribution in [2.45, 2.75) is 71.1 Å². The maximum atomic E-state index is 4.51. The Hall–Kier alpha value is -1.37. The van der Waals surface area contributed by atoms with Crippen molar-refractivity contribution in [3.8, 4) is 0 Å². The normalized spacial score (nSPS) is 11.1. The van der Waals surface area contributed by atoms with Gasteiger partial charge in [-0.3, -0.25) is 4.99 Å². The highest BCUT2D eigenvalue weighted by atomic mass is 14.7. The summed E-state index contributed by atoms with van der Waals surface area (Å²) in [5.74, 6) is 0. The molecular formula is C21H33N. The van der Waals surface area contributed by atoms with E-state index in [-0.39, 0.29) is 0 Å². The minimum atomic E-state index is 0.958. The number of nitrogens with zero attached hydrogens (tertiary/aromatic N) is 1. The molecule has 0 amide bonds. The molecule has 1 heteroatoms. The Morgan fingerprint density at radius 1 is 0.773 bits per heavy atom. The second kappa shape index (κ2) is 13.3. The Morgan fingerprint density at radius 3 is 1.82 bits per heavy atom. The molecule has 0 aliphatic heterocycles. The molecule has 0 radical (unpaired) electrons. The summed E-state index contributed by atoms with van der Waals surface area (Å²) in [6.07, 6.45) is 17.6. The lowest BCUT2D eigenvalue weighted by molar-refractivity contribution is 0.558. The summed E-state index contributed by atoms with van der Waals surface area (Å²) in [5, 5.41) is 0. The van der Waals surface area contributed by atoms with Crippen molar-refractivity contribution in [1.29, 1.82) is 0 Å². The van der Waals surface area contributed by atoms with Crippen LogP contribution in [0.2, 0.25) is 0 Å². The van der Waals surface area contributed by atoms with Crippen LogP contribution >= 0.6 is 0 Å². The Labute approximate surface area is 137 Å². The first-order chi connectivity index (χ1) is 10.9. The lowest BCUT2D eigenvalue weighted by Gasteiger charge is -2.01. The van der Waals surface area contributed by atoms with Gasteiger partial charge in [-0.05, 0) is 17.5 Å². The van der Waals surface area contributed by atoms with Crippen molar-refractivity contribution in [1.82, 2.24) is 0 Å². The van der Waals surface area contributed by atoms with E-state index in [1.54, 1.807) is 0 Å². The van der Waals surface area contributed by atoms with Gasteiger partial charge in [0.1, 0.15) is 0 Å². The third kappa shape index (κ3) is 9.55. The molecule has 22 heavy (non-hydrogen) atoms. The van der Waals surface area contributed by atoms with Crippen molar-refractivity contribution in [2.75, 3.05) is 6.54 Å². The van der Waals surface area contributed by atoms with Crippen LogP contribution in [0.3, 0.4) is 0 Å². The van der Waals surface area contributed by atoms with Crippen LogP contribution in [0.5, 0.6) is 0 Å². The van der Waals surface area contributed by atoms with E-state index in [0.717, 1.165) is 12.1 Å². The minimum Gasteiger partial charge on any atom is -0.293 e. The molecule has 0 unspecified atom stereocenters. The number of rotatable bonds is 13. The summed E-state index contributed by atoms with van der Waals surface area (Å²) >= 11 is 0. The van der Waals surface area contributed by atoms with Crippen LogP contribution in [-0.2, 0) is 0 Å². The molecule has 0 atom stereocenters. The molecule has 0 N–H and O–H groups in total. The van der Waals surface area contributed by atoms with E-state index in [1.165, 1.54) is 69.8 Å². The number of benzene rings is 1. The average molecular weight is 300 g/mol. The van der Waals surface area contributed by atoms with Crippen molar-refractivity contribution >= 4 is 12.3 Å². The van der Waals surface area contributed by atoms with E-state index < -0.39 is 0 Å². The molecule has 0 saturated carbocycles. The van der Waals surface area contributed by atoms with Gasteiger partial charge >= 0.3 is 0 Å². The standard InChI is InChI=1S/C21H33N/c1-3-5-6-7-8-9-10-11-12-13-18-22-19-21-16-14-20(4-2)15-17-21/h4,14-17,19H,2-3,5-13,18H2,1H3/b22-19-. The molecule has 0 spiro atoms. The molecule has 0 aliphatic rings. The molecule has 1 nitrogen and oxygen atoms in total. The summed E-state index contributed by atoms with van der Waals surface area (Å²) in [5.41, 5.74) is 2.34. The van der Waals surface area contributed by atoms with E-state index in [4.69, 9.17) is 0 Å². The van der Waals surface area contributed by atoms with Gasteiger partial charge in [0.05, 0.1) is 0 Å². The molecule has 1 rings (SSSR count). The van der Waals surface area contributed by atoms with Crippen molar-refractivity contribution in [3.63, 3.8) is 0 Å². The third-order valence-electron chi connectivity index (χ3n) is 4.05. The van der Waals surface area contributed by atoms with Gasteiger partial charge in [-0.2, -0.15) is 0 Å². The van der Waals surface area contributed by atoms with Gasteiger partial charge in [0.2, 0.25) is 0 Å². The zero-order chi connectivity index (χ0) is 15.9. The fourth-order valence-electron chi connectivity index (χ4n) is 2.58. The zero-order valence-electron chi connectivity index (χ0n) is 14.4. The van der Waals surface area contributed by atoms with Crippen LogP contribution in [0.15, 0.2) is 35.8 Å². The van der Waals surface area contributed by atoms with Crippen LogP contribution < -0.4 is 0 Å². The van der Waals surface area contributed by atoms with Gasteiger partial charge < -0.3 is 0 Å². The van der Waals surface area contributed by atoms with Crippen molar-refractivity contribution in [2.24, 2.45) is 4.99 Å². The molecule has 0 aliphatic carbocycles. The van der Waals surface area contributed by atoms with E-state index in [1.807, 2.05) is 12.3 Å². The van der Waals surface area contributed by atoms with Gasteiger partial charge in [-0.15, -0.1) is 0 Å². The van der Waals surface area contributed by atoms with E-state index in [9.17, 15) is 0 Å².